The molecule has 0 atom stereocenters. The van der Waals surface area contributed by atoms with Crippen LogP contribution in [0.3, 0.4) is 0 Å². The highest BCUT2D eigenvalue weighted by molar-refractivity contribution is 5.98. The van der Waals surface area contributed by atoms with Gasteiger partial charge in [0.15, 0.2) is 18.2 Å². The highest BCUT2D eigenvalue weighted by Crippen LogP contribution is 2.22. The first kappa shape index (κ1) is 19.2. The molecule has 6 nitrogen and oxygen atoms in total. The Kier molecular flexibility index (Phi) is 5.43. The summed E-state index contributed by atoms with van der Waals surface area (Å²) in [6.45, 7) is -0.422. The van der Waals surface area contributed by atoms with E-state index >= 15 is 0 Å². The molecule has 0 saturated heterocycles. The summed E-state index contributed by atoms with van der Waals surface area (Å²) in [6.07, 6.45) is 0. The first-order chi connectivity index (χ1) is 14.6. The van der Waals surface area contributed by atoms with Crippen LogP contribution in [0.5, 0.6) is 0 Å². The van der Waals surface area contributed by atoms with Crippen LogP contribution >= 0.6 is 0 Å². The van der Waals surface area contributed by atoms with Gasteiger partial charge in [-0.3, -0.25) is 4.79 Å². The van der Waals surface area contributed by atoms with Crippen molar-refractivity contribution < 1.29 is 18.7 Å². The number of Topliss-reactive ketones (excluding diaryl/α,β-unsaturated/α-hetero) is 1. The summed E-state index contributed by atoms with van der Waals surface area (Å²) in [5.41, 5.74) is 1.69. The van der Waals surface area contributed by atoms with E-state index in [1.807, 2.05) is 18.2 Å². The van der Waals surface area contributed by atoms with Crippen LogP contribution < -0.4 is 0 Å². The number of para-hydroxylation sites is 1. The third-order valence-corrected chi connectivity index (χ3v) is 4.32. The van der Waals surface area contributed by atoms with Crippen LogP contribution in [-0.4, -0.2) is 33.1 Å². The van der Waals surface area contributed by atoms with Gasteiger partial charge in [-0.2, -0.15) is 0 Å². The molecule has 4 rings (SSSR count). The van der Waals surface area contributed by atoms with Crippen LogP contribution in [0.25, 0.3) is 17.1 Å². The molecule has 4 aromatic rings. The van der Waals surface area contributed by atoms with Crippen molar-refractivity contribution >= 4 is 11.8 Å². The maximum absolute atomic E-state index is 13.3. The lowest BCUT2D eigenvalue weighted by Crippen LogP contribution is -2.15. The number of ether oxygens (including phenoxy) is 1. The van der Waals surface area contributed by atoms with E-state index in [4.69, 9.17) is 4.74 Å². The molecule has 0 radical (unpaired) electrons. The highest BCUT2D eigenvalue weighted by atomic mass is 19.1. The highest BCUT2D eigenvalue weighted by Gasteiger charge is 2.21. The number of esters is 1. The van der Waals surface area contributed by atoms with Crippen molar-refractivity contribution in [2.24, 2.45) is 0 Å². The number of ketones is 1. The summed E-state index contributed by atoms with van der Waals surface area (Å²) < 4.78 is 19.9. The number of hydrogen-bond donors (Lipinski definition) is 0. The number of halogens is 1. The van der Waals surface area contributed by atoms with Crippen molar-refractivity contribution in [3.63, 3.8) is 0 Å². The molecule has 30 heavy (non-hydrogen) atoms. The molecule has 0 fully saturated rings. The predicted molar refractivity (Wildman–Crippen MR) is 108 cm³/mol. The molecule has 1 heterocycles. The molecule has 148 valence electrons. The molecule has 0 bridgehead atoms. The average molecular weight is 401 g/mol. The van der Waals surface area contributed by atoms with Gasteiger partial charge in [0.1, 0.15) is 5.82 Å². The van der Waals surface area contributed by atoms with E-state index in [9.17, 15) is 14.0 Å². The lowest BCUT2D eigenvalue weighted by molar-refractivity contribution is 0.0462. The number of carbonyl (C=O) groups is 2. The summed E-state index contributed by atoms with van der Waals surface area (Å²) >= 11 is 0. The molecule has 0 saturated carbocycles. The second-order valence-corrected chi connectivity index (χ2v) is 6.38. The minimum Gasteiger partial charge on any atom is -0.451 e. The van der Waals surface area contributed by atoms with Gasteiger partial charge in [-0.25, -0.2) is 18.9 Å². The summed E-state index contributed by atoms with van der Waals surface area (Å²) in [4.78, 5) is 28.9. The average Bonchev–Trinajstić information content (AvgIpc) is 3.24. The zero-order valence-electron chi connectivity index (χ0n) is 15.7. The molecule has 0 amide bonds. The molecule has 0 unspecified atom stereocenters. The van der Waals surface area contributed by atoms with Gasteiger partial charge in [0.05, 0.1) is 5.69 Å². The number of carbonyl (C=O) groups excluding carboxylic acids is 2. The maximum atomic E-state index is 13.3. The Balaban J connectivity index is 1.61. The zero-order chi connectivity index (χ0) is 20.9. The first-order valence-electron chi connectivity index (χ1n) is 9.15. The van der Waals surface area contributed by atoms with Gasteiger partial charge in [-0.1, -0.05) is 48.5 Å². The van der Waals surface area contributed by atoms with Gasteiger partial charge in [-0.05, 0) is 36.4 Å². The van der Waals surface area contributed by atoms with Crippen molar-refractivity contribution in [2.75, 3.05) is 6.61 Å². The minimum absolute atomic E-state index is 0.195. The fourth-order valence-electron chi connectivity index (χ4n) is 2.84. The second-order valence-electron chi connectivity index (χ2n) is 6.38. The molecule has 0 aliphatic carbocycles. The summed E-state index contributed by atoms with van der Waals surface area (Å²) in [5, 5.41) is 4.26. The monoisotopic (exact) mass is 401 g/mol. The molecule has 0 spiro atoms. The van der Waals surface area contributed by atoms with Gasteiger partial charge in [0.2, 0.25) is 0 Å². The van der Waals surface area contributed by atoms with Crippen LogP contribution in [-0.2, 0) is 4.74 Å². The van der Waals surface area contributed by atoms with Crippen LogP contribution in [0.1, 0.15) is 21.0 Å². The van der Waals surface area contributed by atoms with Gasteiger partial charge in [-0.15, -0.1) is 5.10 Å². The quantitative estimate of drug-likeness (QED) is 0.359. The van der Waals surface area contributed by atoms with E-state index in [2.05, 4.69) is 10.1 Å². The van der Waals surface area contributed by atoms with Crippen LogP contribution in [0.4, 0.5) is 4.39 Å². The van der Waals surface area contributed by atoms with E-state index < -0.39 is 12.6 Å². The SMILES string of the molecule is O=C(COC(=O)c1nc(-c2ccc(F)cc2)n(-c2ccccc2)n1)c1ccccc1. The van der Waals surface area contributed by atoms with Crippen LogP contribution in [0, 0.1) is 5.82 Å². The molecule has 0 N–H and O–H groups in total. The van der Waals surface area contributed by atoms with E-state index in [0.29, 0.717) is 22.6 Å². The van der Waals surface area contributed by atoms with Crippen molar-refractivity contribution in [1.29, 1.82) is 0 Å². The first-order valence-corrected chi connectivity index (χ1v) is 9.15. The standard InChI is InChI=1S/C23H16FN3O3/c24-18-13-11-17(12-14-18)22-25-21(26-27(22)19-9-5-2-6-10-19)23(29)30-15-20(28)16-7-3-1-4-8-16/h1-14H,15H2. The smallest absolute Gasteiger partial charge is 0.378 e. The lowest BCUT2D eigenvalue weighted by atomic mass is 10.1. The van der Waals surface area contributed by atoms with E-state index in [1.165, 1.54) is 16.8 Å². The topological polar surface area (TPSA) is 74.1 Å². The van der Waals surface area contributed by atoms with Gasteiger partial charge >= 0.3 is 5.97 Å². The molecule has 0 aliphatic rings. The Hall–Kier alpha value is -4.13. The third kappa shape index (κ3) is 4.15. The number of nitrogens with zero attached hydrogens (tertiary/aromatic N) is 3. The van der Waals surface area contributed by atoms with Gasteiger partial charge in [0.25, 0.3) is 5.82 Å². The number of hydrogen-bond acceptors (Lipinski definition) is 5. The predicted octanol–water partition coefficient (Wildman–Crippen LogP) is 4.11. The van der Waals surface area contributed by atoms with Crippen LogP contribution in [0.2, 0.25) is 0 Å². The van der Waals surface area contributed by atoms with Crippen LogP contribution in [0.15, 0.2) is 84.9 Å². The van der Waals surface area contributed by atoms with Crippen molar-refractivity contribution in [3.05, 3.63) is 102 Å². The number of aromatic nitrogens is 3. The molecule has 0 aliphatic heterocycles. The Morgan fingerprint density at radius 2 is 1.50 bits per heavy atom. The molecular weight excluding hydrogens is 385 g/mol. The van der Waals surface area contributed by atoms with Crippen molar-refractivity contribution in [3.8, 4) is 17.1 Å². The van der Waals surface area contributed by atoms with E-state index in [0.717, 1.165) is 0 Å². The fourth-order valence-corrected chi connectivity index (χ4v) is 2.84. The largest absolute Gasteiger partial charge is 0.451 e. The Morgan fingerprint density at radius 3 is 2.17 bits per heavy atom. The minimum atomic E-state index is -0.822. The molecular formula is C23H16FN3O3. The second kappa shape index (κ2) is 8.48. The fraction of sp³-hybridized carbons (Fsp3) is 0.0435. The summed E-state index contributed by atoms with van der Waals surface area (Å²) in [5.74, 6) is -1.38. The lowest BCUT2D eigenvalue weighted by Gasteiger charge is -2.05. The maximum Gasteiger partial charge on any atom is 0.378 e. The number of benzene rings is 3. The van der Waals surface area contributed by atoms with Gasteiger partial charge < -0.3 is 4.74 Å². The summed E-state index contributed by atoms with van der Waals surface area (Å²) in [6, 6.07) is 23.3. The Bertz CT molecular complexity index is 1170. The third-order valence-electron chi connectivity index (χ3n) is 4.32. The number of rotatable bonds is 6. The zero-order valence-corrected chi connectivity index (χ0v) is 15.7. The van der Waals surface area contributed by atoms with E-state index in [1.54, 1.807) is 54.6 Å². The Labute approximate surface area is 171 Å². The Morgan fingerprint density at radius 1 is 0.867 bits per heavy atom. The molecule has 7 heteroatoms. The normalized spacial score (nSPS) is 10.6. The van der Waals surface area contributed by atoms with Crippen molar-refractivity contribution in [2.45, 2.75) is 0 Å². The molecule has 3 aromatic carbocycles. The summed E-state index contributed by atoms with van der Waals surface area (Å²) in [7, 11) is 0. The van der Waals surface area contributed by atoms with Gasteiger partial charge in [0, 0.05) is 11.1 Å². The van der Waals surface area contributed by atoms with E-state index in [-0.39, 0.29) is 17.4 Å². The van der Waals surface area contributed by atoms with Crippen molar-refractivity contribution in [1.82, 2.24) is 14.8 Å². The molecule has 1 aromatic heterocycles.